The summed E-state index contributed by atoms with van der Waals surface area (Å²) in [5, 5.41) is 14.3. The topological polar surface area (TPSA) is 81.5 Å². The summed E-state index contributed by atoms with van der Waals surface area (Å²) < 4.78 is 5.32. The van der Waals surface area contributed by atoms with Crippen LogP contribution in [0.4, 0.5) is 5.69 Å². The van der Waals surface area contributed by atoms with Gasteiger partial charge in [0.15, 0.2) is 12.4 Å². The smallest absolute Gasteiger partial charge is 0.310 e. The van der Waals surface area contributed by atoms with Crippen LogP contribution in [0.15, 0.2) is 42.5 Å². The van der Waals surface area contributed by atoms with Crippen LogP contribution >= 0.6 is 11.6 Å². The van der Waals surface area contributed by atoms with Crippen molar-refractivity contribution < 1.29 is 14.5 Å². The van der Waals surface area contributed by atoms with E-state index in [-0.39, 0.29) is 24.1 Å². The molecule has 2 rings (SSSR count). The first-order valence-electron chi connectivity index (χ1n) is 7.30. The summed E-state index contributed by atoms with van der Waals surface area (Å²) in [5.74, 6) is -0.321. The zero-order chi connectivity index (χ0) is 17.7. The van der Waals surface area contributed by atoms with Gasteiger partial charge in [0.05, 0.1) is 11.0 Å². The summed E-state index contributed by atoms with van der Waals surface area (Å²) in [6, 6.07) is 11.4. The summed E-state index contributed by atoms with van der Waals surface area (Å²) in [4.78, 5) is 22.5. The minimum absolute atomic E-state index is 0.0700. The van der Waals surface area contributed by atoms with Crippen molar-refractivity contribution in [3.63, 3.8) is 0 Å². The Hall–Kier alpha value is -2.60. The van der Waals surface area contributed by atoms with Gasteiger partial charge in [-0.05, 0) is 37.1 Å². The van der Waals surface area contributed by atoms with Crippen molar-refractivity contribution >= 4 is 23.2 Å². The van der Waals surface area contributed by atoms with Crippen molar-refractivity contribution in [1.29, 1.82) is 0 Å². The number of hydrogen-bond donors (Lipinski definition) is 1. The highest BCUT2D eigenvalue weighted by molar-refractivity contribution is 6.31. The highest BCUT2D eigenvalue weighted by atomic mass is 35.5. The van der Waals surface area contributed by atoms with Gasteiger partial charge < -0.3 is 10.1 Å². The van der Waals surface area contributed by atoms with Gasteiger partial charge in [0.1, 0.15) is 0 Å². The van der Waals surface area contributed by atoms with Crippen LogP contribution in [-0.2, 0) is 4.79 Å². The summed E-state index contributed by atoms with van der Waals surface area (Å²) in [6.07, 6.45) is 0. The molecular weight excluding hydrogens is 332 g/mol. The average Bonchev–Trinajstić information content (AvgIpc) is 2.53. The number of aryl methyl sites for hydroxylation is 1. The van der Waals surface area contributed by atoms with Gasteiger partial charge in [-0.15, -0.1) is 0 Å². The number of nitro groups is 1. The molecule has 6 nitrogen and oxygen atoms in total. The van der Waals surface area contributed by atoms with Crippen LogP contribution in [0.25, 0.3) is 0 Å². The first-order valence-corrected chi connectivity index (χ1v) is 7.68. The number of halogens is 1. The van der Waals surface area contributed by atoms with Gasteiger partial charge in [0.25, 0.3) is 5.91 Å². The number of hydrogen-bond acceptors (Lipinski definition) is 4. The molecule has 0 fully saturated rings. The highest BCUT2D eigenvalue weighted by Crippen LogP contribution is 2.27. The van der Waals surface area contributed by atoms with E-state index in [1.54, 1.807) is 32.0 Å². The van der Waals surface area contributed by atoms with E-state index in [4.69, 9.17) is 16.3 Å². The van der Waals surface area contributed by atoms with Gasteiger partial charge in [-0.2, -0.15) is 0 Å². The molecule has 0 spiro atoms. The number of carbonyl (C=O) groups excluding carboxylic acids is 1. The Kier molecular flexibility index (Phi) is 5.76. The number of benzene rings is 2. The molecule has 0 heterocycles. The average molecular weight is 349 g/mol. The first-order chi connectivity index (χ1) is 11.4. The van der Waals surface area contributed by atoms with Gasteiger partial charge in [-0.25, -0.2) is 0 Å². The number of amides is 1. The third-order valence-corrected chi connectivity index (χ3v) is 3.76. The molecule has 0 aromatic heterocycles. The van der Waals surface area contributed by atoms with Crippen molar-refractivity contribution in [2.24, 2.45) is 0 Å². The largest absolute Gasteiger partial charge is 0.477 e. The van der Waals surface area contributed by atoms with Gasteiger partial charge in [0.2, 0.25) is 0 Å². The first kappa shape index (κ1) is 17.7. The van der Waals surface area contributed by atoms with Crippen molar-refractivity contribution in [3.8, 4) is 5.75 Å². The molecule has 126 valence electrons. The molecule has 0 bridgehead atoms. The monoisotopic (exact) mass is 348 g/mol. The van der Waals surface area contributed by atoms with Crippen molar-refractivity contribution in [1.82, 2.24) is 5.32 Å². The molecule has 1 unspecified atom stereocenters. The maximum Gasteiger partial charge on any atom is 0.310 e. The molecule has 24 heavy (non-hydrogen) atoms. The van der Waals surface area contributed by atoms with Crippen LogP contribution in [0.5, 0.6) is 5.75 Å². The molecule has 0 radical (unpaired) electrons. The number of carbonyl (C=O) groups is 1. The zero-order valence-corrected chi connectivity index (χ0v) is 14.0. The van der Waals surface area contributed by atoms with E-state index in [0.717, 1.165) is 11.1 Å². The van der Waals surface area contributed by atoms with Gasteiger partial charge in [-0.1, -0.05) is 35.9 Å². The molecule has 1 N–H and O–H groups in total. The standard InChI is InChI=1S/C17H17ClN2O4/c1-11-7-8-15(20(22)23)16(9-11)24-10-17(21)19-12(2)13-5-3-4-6-14(13)18/h3-9,12H,10H2,1-2H3,(H,19,21). The fraction of sp³-hybridized carbons (Fsp3) is 0.235. The van der Waals surface area contributed by atoms with E-state index in [0.29, 0.717) is 5.02 Å². The highest BCUT2D eigenvalue weighted by Gasteiger charge is 2.17. The lowest BCUT2D eigenvalue weighted by Crippen LogP contribution is -2.31. The third kappa shape index (κ3) is 4.45. The molecule has 0 aliphatic rings. The predicted octanol–water partition coefficient (Wildman–Crippen LogP) is 3.81. The van der Waals surface area contributed by atoms with Crippen LogP contribution in [-0.4, -0.2) is 17.4 Å². The minimum atomic E-state index is -0.543. The second-order valence-electron chi connectivity index (χ2n) is 5.33. The second-order valence-corrected chi connectivity index (χ2v) is 5.73. The summed E-state index contributed by atoms with van der Waals surface area (Å²) >= 11 is 6.09. The number of nitro benzene ring substituents is 1. The molecular formula is C17H17ClN2O4. The van der Waals surface area contributed by atoms with Crippen molar-refractivity contribution in [3.05, 3.63) is 68.7 Å². The molecule has 1 amide bonds. The normalized spacial score (nSPS) is 11.6. The van der Waals surface area contributed by atoms with E-state index >= 15 is 0 Å². The maximum atomic E-state index is 12.0. The van der Waals surface area contributed by atoms with Gasteiger partial charge in [0, 0.05) is 11.1 Å². The maximum absolute atomic E-state index is 12.0. The van der Waals surface area contributed by atoms with Crippen molar-refractivity contribution in [2.75, 3.05) is 6.61 Å². The van der Waals surface area contributed by atoms with Gasteiger partial charge >= 0.3 is 5.69 Å². The molecule has 2 aromatic rings. The van der Waals surface area contributed by atoms with Crippen molar-refractivity contribution in [2.45, 2.75) is 19.9 Å². The molecule has 2 aromatic carbocycles. The van der Waals surface area contributed by atoms with E-state index in [1.165, 1.54) is 12.1 Å². The lowest BCUT2D eigenvalue weighted by molar-refractivity contribution is -0.385. The molecule has 0 saturated heterocycles. The summed E-state index contributed by atoms with van der Waals surface area (Å²) in [5.41, 5.74) is 1.42. The SMILES string of the molecule is Cc1ccc([N+](=O)[O-])c(OCC(=O)NC(C)c2ccccc2Cl)c1. The third-order valence-electron chi connectivity index (χ3n) is 3.42. The molecule has 0 saturated carbocycles. The zero-order valence-electron chi connectivity index (χ0n) is 13.3. The number of rotatable bonds is 6. The van der Waals surface area contributed by atoms with E-state index < -0.39 is 10.8 Å². The Bertz CT molecular complexity index is 764. The lowest BCUT2D eigenvalue weighted by atomic mass is 10.1. The fourth-order valence-electron chi connectivity index (χ4n) is 2.22. The van der Waals surface area contributed by atoms with Crippen LogP contribution < -0.4 is 10.1 Å². The molecule has 1 atom stereocenters. The number of nitrogens with zero attached hydrogens (tertiary/aromatic N) is 1. The molecule has 0 aliphatic heterocycles. The van der Waals surface area contributed by atoms with Crippen LogP contribution in [0.2, 0.25) is 5.02 Å². The van der Waals surface area contributed by atoms with Crippen LogP contribution in [0, 0.1) is 17.0 Å². The fourth-order valence-corrected chi connectivity index (χ4v) is 2.52. The Labute approximate surface area is 144 Å². The van der Waals surface area contributed by atoms with Crippen LogP contribution in [0.1, 0.15) is 24.1 Å². The minimum Gasteiger partial charge on any atom is -0.477 e. The van der Waals surface area contributed by atoms with E-state index in [2.05, 4.69) is 5.32 Å². The summed E-state index contributed by atoms with van der Waals surface area (Å²) in [6.45, 7) is 3.27. The second kappa shape index (κ2) is 7.79. The van der Waals surface area contributed by atoms with E-state index in [1.807, 2.05) is 12.1 Å². The lowest BCUT2D eigenvalue weighted by Gasteiger charge is -2.16. The van der Waals surface area contributed by atoms with E-state index in [9.17, 15) is 14.9 Å². The molecule has 0 aliphatic carbocycles. The Morgan fingerprint density at radius 2 is 2.04 bits per heavy atom. The Morgan fingerprint density at radius 3 is 2.71 bits per heavy atom. The quantitative estimate of drug-likeness (QED) is 0.635. The van der Waals surface area contributed by atoms with Crippen LogP contribution in [0.3, 0.4) is 0 Å². The van der Waals surface area contributed by atoms with Gasteiger partial charge in [-0.3, -0.25) is 14.9 Å². The number of nitrogens with one attached hydrogen (secondary N) is 1. The molecule has 7 heteroatoms. The summed E-state index contributed by atoms with van der Waals surface area (Å²) in [7, 11) is 0. The Balaban J connectivity index is 2.00. The predicted molar refractivity (Wildman–Crippen MR) is 91.3 cm³/mol. The number of ether oxygens (including phenoxy) is 1. The Morgan fingerprint density at radius 1 is 1.33 bits per heavy atom.